The van der Waals surface area contributed by atoms with E-state index in [1.165, 1.54) is 6.20 Å². The number of benzene rings is 1. The Labute approximate surface area is 145 Å². The average Bonchev–Trinajstić information content (AvgIpc) is 2.60. The Bertz CT molecular complexity index is 791. The summed E-state index contributed by atoms with van der Waals surface area (Å²) in [4.78, 5) is 40.0. The molecule has 132 valence electrons. The summed E-state index contributed by atoms with van der Waals surface area (Å²) in [7, 11) is 0. The molecule has 1 aromatic carbocycles. The first-order valence-electron chi connectivity index (χ1n) is 8.04. The molecule has 0 fully saturated rings. The highest BCUT2D eigenvalue weighted by atomic mass is 16.5. The molecule has 7 heteroatoms. The number of carbonyl (C=O) groups is 3. The lowest BCUT2D eigenvalue weighted by atomic mass is 10.0. The Morgan fingerprint density at radius 2 is 2.00 bits per heavy atom. The minimum absolute atomic E-state index is 0.0704. The molecule has 2 atom stereocenters. The molecule has 0 aliphatic rings. The third kappa shape index (κ3) is 4.76. The summed E-state index contributed by atoms with van der Waals surface area (Å²) in [6, 6.07) is 8.09. The zero-order valence-corrected chi connectivity index (χ0v) is 14.2. The van der Waals surface area contributed by atoms with Crippen molar-refractivity contribution in [2.24, 2.45) is 11.7 Å². The Kier molecular flexibility index (Phi) is 6.05. The zero-order chi connectivity index (χ0) is 18.4. The second-order valence-corrected chi connectivity index (χ2v) is 5.73. The molecule has 0 unspecified atom stereocenters. The first-order valence-corrected chi connectivity index (χ1v) is 8.04. The number of primary amides is 1. The number of carbonyl (C=O) groups excluding carboxylic acids is 3. The molecule has 3 N–H and O–H groups in total. The minimum atomic E-state index is -0.974. The number of hydrogen-bond acceptors (Lipinski definition) is 5. The van der Waals surface area contributed by atoms with Gasteiger partial charge in [0, 0.05) is 11.6 Å². The van der Waals surface area contributed by atoms with E-state index < -0.39 is 29.7 Å². The SMILES string of the molecule is CCOC(=O)[C@@H](C)C[C@@H](NC(=O)c1cnc2ccccc2c1)C(N)=O. The van der Waals surface area contributed by atoms with Gasteiger partial charge in [-0.05, 0) is 25.5 Å². The van der Waals surface area contributed by atoms with Gasteiger partial charge in [0.05, 0.1) is 23.6 Å². The monoisotopic (exact) mass is 343 g/mol. The summed E-state index contributed by atoms with van der Waals surface area (Å²) in [6.45, 7) is 3.57. The molecule has 0 aliphatic heterocycles. The van der Waals surface area contributed by atoms with E-state index in [0.717, 1.165) is 10.9 Å². The largest absolute Gasteiger partial charge is 0.466 e. The van der Waals surface area contributed by atoms with E-state index in [1.807, 2.05) is 24.3 Å². The molecule has 0 saturated carbocycles. The number of para-hydroxylation sites is 1. The van der Waals surface area contributed by atoms with Crippen molar-refractivity contribution in [3.63, 3.8) is 0 Å². The van der Waals surface area contributed by atoms with Gasteiger partial charge in [0.2, 0.25) is 5.91 Å². The maximum atomic E-state index is 12.4. The summed E-state index contributed by atoms with van der Waals surface area (Å²) >= 11 is 0. The van der Waals surface area contributed by atoms with Gasteiger partial charge in [-0.25, -0.2) is 0 Å². The molecule has 0 spiro atoms. The summed E-state index contributed by atoms with van der Waals surface area (Å²) < 4.78 is 4.91. The van der Waals surface area contributed by atoms with Gasteiger partial charge in [-0.15, -0.1) is 0 Å². The van der Waals surface area contributed by atoms with Crippen LogP contribution in [0.4, 0.5) is 0 Å². The number of ether oxygens (including phenoxy) is 1. The quantitative estimate of drug-likeness (QED) is 0.738. The van der Waals surface area contributed by atoms with Crippen molar-refractivity contribution < 1.29 is 19.1 Å². The van der Waals surface area contributed by atoms with Crippen LogP contribution < -0.4 is 11.1 Å². The van der Waals surface area contributed by atoms with Crippen LogP contribution in [0.1, 0.15) is 30.6 Å². The molecule has 0 saturated heterocycles. The van der Waals surface area contributed by atoms with Crippen LogP contribution in [-0.2, 0) is 14.3 Å². The number of amides is 2. The van der Waals surface area contributed by atoms with Crippen LogP contribution in [-0.4, -0.2) is 35.4 Å². The second-order valence-electron chi connectivity index (χ2n) is 5.73. The van der Waals surface area contributed by atoms with Crippen LogP contribution >= 0.6 is 0 Å². The summed E-state index contributed by atoms with van der Waals surface area (Å²) in [5, 5.41) is 3.37. The van der Waals surface area contributed by atoms with Crippen molar-refractivity contribution >= 4 is 28.7 Å². The number of esters is 1. The second kappa shape index (κ2) is 8.23. The number of aromatic nitrogens is 1. The highest BCUT2D eigenvalue weighted by molar-refractivity contribution is 5.99. The number of nitrogens with zero attached hydrogens (tertiary/aromatic N) is 1. The van der Waals surface area contributed by atoms with Gasteiger partial charge >= 0.3 is 5.97 Å². The lowest BCUT2D eigenvalue weighted by Gasteiger charge is -2.19. The van der Waals surface area contributed by atoms with Crippen LogP contribution in [0.15, 0.2) is 36.5 Å². The maximum absolute atomic E-state index is 12.4. The van der Waals surface area contributed by atoms with Crippen LogP contribution in [0, 0.1) is 5.92 Å². The number of fused-ring (bicyclic) bond motifs is 1. The normalized spacial score (nSPS) is 13.0. The molecule has 2 aromatic rings. The molecular formula is C18H21N3O4. The summed E-state index contributed by atoms with van der Waals surface area (Å²) in [5.74, 6) is -2.18. The maximum Gasteiger partial charge on any atom is 0.308 e. The lowest BCUT2D eigenvalue weighted by Crippen LogP contribution is -2.46. The number of hydrogen-bond donors (Lipinski definition) is 2. The van der Waals surface area contributed by atoms with Crippen molar-refractivity contribution in [3.8, 4) is 0 Å². The highest BCUT2D eigenvalue weighted by Crippen LogP contribution is 2.14. The molecule has 2 rings (SSSR count). The lowest BCUT2D eigenvalue weighted by molar-refractivity contribution is -0.147. The summed E-state index contributed by atoms with van der Waals surface area (Å²) in [6.07, 6.45) is 1.51. The number of pyridine rings is 1. The van der Waals surface area contributed by atoms with Crippen molar-refractivity contribution in [3.05, 3.63) is 42.1 Å². The third-order valence-corrected chi connectivity index (χ3v) is 3.78. The smallest absolute Gasteiger partial charge is 0.308 e. The fourth-order valence-electron chi connectivity index (χ4n) is 2.42. The topological polar surface area (TPSA) is 111 Å². The first-order chi connectivity index (χ1) is 11.9. The van der Waals surface area contributed by atoms with Crippen LogP contribution in [0.3, 0.4) is 0 Å². The predicted octanol–water partition coefficient (Wildman–Crippen LogP) is 1.41. The van der Waals surface area contributed by atoms with E-state index in [2.05, 4.69) is 10.3 Å². The minimum Gasteiger partial charge on any atom is -0.466 e. The van der Waals surface area contributed by atoms with E-state index in [4.69, 9.17) is 10.5 Å². The highest BCUT2D eigenvalue weighted by Gasteiger charge is 2.25. The van der Waals surface area contributed by atoms with Crippen LogP contribution in [0.2, 0.25) is 0 Å². The van der Waals surface area contributed by atoms with Crippen molar-refractivity contribution in [2.75, 3.05) is 6.61 Å². The first kappa shape index (κ1) is 18.4. The van der Waals surface area contributed by atoms with Crippen molar-refractivity contribution in [1.29, 1.82) is 0 Å². The summed E-state index contributed by atoms with van der Waals surface area (Å²) in [5.41, 5.74) is 6.43. The van der Waals surface area contributed by atoms with E-state index in [0.29, 0.717) is 5.56 Å². The van der Waals surface area contributed by atoms with Gasteiger partial charge in [0.1, 0.15) is 6.04 Å². The van der Waals surface area contributed by atoms with E-state index in [-0.39, 0.29) is 13.0 Å². The van der Waals surface area contributed by atoms with E-state index >= 15 is 0 Å². The van der Waals surface area contributed by atoms with Crippen LogP contribution in [0.25, 0.3) is 10.9 Å². The van der Waals surface area contributed by atoms with Gasteiger partial charge in [-0.1, -0.05) is 25.1 Å². The van der Waals surface area contributed by atoms with Gasteiger partial charge in [0.15, 0.2) is 0 Å². The molecule has 25 heavy (non-hydrogen) atoms. The number of nitrogens with two attached hydrogens (primary N) is 1. The van der Waals surface area contributed by atoms with Gasteiger partial charge < -0.3 is 15.8 Å². The van der Waals surface area contributed by atoms with E-state index in [9.17, 15) is 14.4 Å². The van der Waals surface area contributed by atoms with Crippen molar-refractivity contribution in [2.45, 2.75) is 26.3 Å². The Hall–Kier alpha value is -2.96. The van der Waals surface area contributed by atoms with Gasteiger partial charge in [-0.2, -0.15) is 0 Å². The van der Waals surface area contributed by atoms with Gasteiger partial charge in [-0.3, -0.25) is 19.4 Å². The fourth-order valence-corrected chi connectivity index (χ4v) is 2.42. The Morgan fingerprint density at radius 1 is 1.28 bits per heavy atom. The molecule has 2 amide bonds. The fraction of sp³-hybridized carbons (Fsp3) is 0.333. The number of rotatable bonds is 7. The van der Waals surface area contributed by atoms with Crippen molar-refractivity contribution in [1.82, 2.24) is 10.3 Å². The Balaban J connectivity index is 2.10. The molecule has 0 bridgehead atoms. The molecule has 0 radical (unpaired) electrons. The Morgan fingerprint density at radius 3 is 2.68 bits per heavy atom. The molecule has 0 aliphatic carbocycles. The molecule has 7 nitrogen and oxygen atoms in total. The van der Waals surface area contributed by atoms with Gasteiger partial charge in [0.25, 0.3) is 5.91 Å². The standard InChI is InChI=1S/C18H21N3O4/c1-3-25-18(24)11(2)8-15(16(19)22)21-17(23)13-9-12-6-4-5-7-14(12)20-10-13/h4-7,9-11,15H,3,8H2,1-2H3,(H2,19,22)(H,21,23)/t11-,15+/m0/s1. The average molecular weight is 343 g/mol. The molecule has 1 heterocycles. The number of nitrogens with one attached hydrogen (secondary N) is 1. The predicted molar refractivity (Wildman–Crippen MR) is 92.6 cm³/mol. The third-order valence-electron chi connectivity index (χ3n) is 3.78. The van der Waals surface area contributed by atoms with Crippen LogP contribution in [0.5, 0.6) is 0 Å². The zero-order valence-electron chi connectivity index (χ0n) is 14.2. The molecular weight excluding hydrogens is 322 g/mol. The molecule has 1 aromatic heterocycles. The van der Waals surface area contributed by atoms with E-state index in [1.54, 1.807) is 19.9 Å².